The molecule has 2 aliphatic heterocycles. The Morgan fingerprint density at radius 3 is 2.81 bits per heavy atom. The molecule has 118 valence electrons. The number of carbonyl (C=O) groups is 2. The molecule has 0 aromatic rings. The van der Waals surface area contributed by atoms with E-state index in [9.17, 15) is 18.0 Å². The smallest absolute Gasteiger partial charge is 0.344 e. The number of hydrogen-bond donors (Lipinski definition) is 1. The van der Waals surface area contributed by atoms with Crippen LogP contribution in [0.5, 0.6) is 0 Å². The van der Waals surface area contributed by atoms with Crippen molar-refractivity contribution in [3.63, 3.8) is 0 Å². The van der Waals surface area contributed by atoms with Crippen LogP contribution >= 0.6 is 0 Å². The molecule has 0 radical (unpaired) electrons. The quantitative estimate of drug-likeness (QED) is 0.396. The Balaban J connectivity index is 1.99. The van der Waals surface area contributed by atoms with Crippen molar-refractivity contribution in [1.29, 1.82) is 0 Å². The van der Waals surface area contributed by atoms with Crippen molar-refractivity contribution in [2.75, 3.05) is 6.61 Å². The molecule has 0 saturated carbocycles. The van der Waals surface area contributed by atoms with Crippen molar-refractivity contribution in [3.05, 3.63) is 12.7 Å². The van der Waals surface area contributed by atoms with Gasteiger partial charge in [0.15, 0.2) is 12.7 Å². The van der Waals surface area contributed by atoms with Crippen LogP contribution < -0.4 is 0 Å². The number of rotatable bonds is 6. The number of esters is 2. The van der Waals surface area contributed by atoms with E-state index in [-0.39, 0.29) is 0 Å². The van der Waals surface area contributed by atoms with Gasteiger partial charge in [-0.05, 0) is 19.8 Å². The van der Waals surface area contributed by atoms with E-state index in [1.165, 1.54) is 0 Å². The molecule has 9 heteroatoms. The fraction of sp³-hybridized carbons (Fsp3) is 0.667. The third-order valence-electron chi connectivity index (χ3n) is 3.58. The van der Waals surface area contributed by atoms with Crippen molar-refractivity contribution in [3.8, 4) is 0 Å². The van der Waals surface area contributed by atoms with Gasteiger partial charge in [-0.3, -0.25) is 4.18 Å². The lowest BCUT2D eigenvalue weighted by Gasteiger charge is -2.30. The molecular formula is C12H16O8S. The summed E-state index contributed by atoms with van der Waals surface area (Å²) in [5, 5.41) is 0. The number of ether oxygens (including phenoxy) is 3. The maximum atomic E-state index is 11.6. The largest absolute Gasteiger partial charge is 0.454 e. The molecule has 0 spiro atoms. The molecule has 21 heavy (non-hydrogen) atoms. The zero-order valence-electron chi connectivity index (χ0n) is 11.4. The second-order valence-electron chi connectivity index (χ2n) is 5.02. The zero-order valence-corrected chi connectivity index (χ0v) is 12.2. The Hall–Kier alpha value is -1.45. The van der Waals surface area contributed by atoms with Crippen LogP contribution in [0.4, 0.5) is 0 Å². The van der Waals surface area contributed by atoms with Crippen LogP contribution in [0.15, 0.2) is 12.7 Å². The molecule has 0 aliphatic carbocycles. The molecule has 2 rings (SSSR count). The predicted octanol–water partition coefficient (Wildman–Crippen LogP) is -0.510. The van der Waals surface area contributed by atoms with Crippen LogP contribution in [-0.2, 0) is 39.0 Å². The maximum Gasteiger partial charge on any atom is 0.344 e. The van der Waals surface area contributed by atoms with Gasteiger partial charge in [-0.25, -0.2) is 18.0 Å². The van der Waals surface area contributed by atoms with Crippen LogP contribution in [0, 0.1) is 0 Å². The normalized spacial score (nSPS) is 33.9. The molecule has 2 aliphatic rings. The third-order valence-corrected chi connectivity index (χ3v) is 3.98. The van der Waals surface area contributed by atoms with Gasteiger partial charge >= 0.3 is 11.9 Å². The Morgan fingerprint density at radius 2 is 2.19 bits per heavy atom. The Labute approximate surface area is 123 Å². The van der Waals surface area contributed by atoms with Gasteiger partial charge in [0.1, 0.15) is 6.10 Å². The van der Waals surface area contributed by atoms with Gasteiger partial charge in [-0.15, -0.1) is 0 Å². The van der Waals surface area contributed by atoms with Gasteiger partial charge in [-0.2, -0.15) is 0 Å². The highest BCUT2D eigenvalue weighted by Gasteiger charge is 2.60. The average Bonchev–Trinajstić information content (AvgIpc) is 2.92. The third kappa shape index (κ3) is 3.42. The van der Waals surface area contributed by atoms with Crippen molar-refractivity contribution < 1.29 is 36.4 Å². The fourth-order valence-electron chi connectivity index (χ4n) is 2.65. The van der Waals surface area contributed by atoms with Crippen molar-refractivity contribution in [2.24, 2.45) is 0 Å². The first kappa shape index (κ1) is 15.9. The highest BCUT2D eigenvalue weighted by molar-refractivity contribution is 7.67. The first-order chi connectivity index (χ1) is 9.85. The molecule has 2 bridgehead atoms. The molecule has 0 aromatic carbocycles. The summed E-state index contributed by atoms with van der Waals surface area (Å²) in [6.45, 7) is 4.32. The lowest BCUT2D eigenvalue weighted by atomic mass is 9.85. The number of hydrogen-bond acceptors (Lipinski definition) is 8. The first-order valence-electron chi connectivity index (χ1n) is 6.33. The number of carbonyl (C=O) groups excluding carboxylic acids is 2. The van der Waals surface area contributed by atoms with Gasteiger partial charge < -0.3 is 14.2 Å². The summed E-state index contributed by atoms with van der Waals surface area (Å²) < 4.78 is 41.8. The SMILES string of the molecule is C=CC(=O)OCC(=O)OC1C2CCC(C)(O2)C1O[SH](=O)=O. The average molecular weight is 320 g/mol. The topological polar surface area (TPSA) is 105 Å². The predicted molar refractivity (Wildman–Crippen MR) is 68.7 cm³/mol. The van der Waals surface area contributed by atoms with E-state index in [2.05, 4.69) is 11.3 Å². The Bertz CT molecular complexity index is 519. The molecule has 2 heterocycles. The van der Waals surface area contributed by atoms with E-state index in [1.807, 2.05) is 0 Å². The first-order valence-corrected chi connectivity index (χ1v) is 7.43. The van der Waals surface area contributed by atoms with E-state index in [4.69, 9.17) is 13.7 Å². The molecule has 0 aromatic heterocycles. The minimum Gasteiger partial charge on any atom is -0.454 e. The summed E-state index contributed by atoms with van der Waals surface area (Å²) in [6, 6.07) is 0. The molecule has 0 N–H and O–H groups in total. The van der Waals surface area contributed by atoms with Crippen LogP contribution in [0.1, 0.15) is 19.8 Å². The molecule has 4 unspecified atom stereocenters. The van der Waals surface area contributed by atoms with E-state index < -0.39 is 53.4 Å². The second kappa shape index (κ2) is 6.12. The lowest BCUT2D eigenvalue weighted by Crippen LogP contribution is -2.47. The standard InChI is InChI=1S/C12H16O8S/c1-3-8(13)17-6-9(14)18-10-7-4-5-12(2,19-7)11(10)20-21(15)16/h3,7,10-11,21H,1,4-6H2,2H3. The molecule has 8 nitrogen and oxygen atoms in total. The van der Waals surface area contributed by atoms with Gasteiger partial charge in [0.2, 0.25) is 0 Å². The molecule has 0 amide bonds. The van der Waals surface area contributed by atoms with Crippen LogP contribution in [-0.4, -0.2) is 50.9 Å². The molecule has 2 fully saturated rings. The molecular weight excluding hydrogens is 304 g/mol. The van der Waals surface area contributed by atoms with Crippen molar-refractivity contribution in [2.45, 2.75) is 43.7 Å². The van der Waals surface area contributed by atoms with E-state index in [0.29, 0.717) is 12.8 Å². The lowest BCUT2D eigenvalue weighted by molar-refractivity contribution is -0.165. The summed E-state index contributed by atoms with van der Waals surface area (Å²) in [6.07, 6.45) is 0.0154. The Morgan fingerprint density at radius 1 is 1.48 bits per heavy atom. The zero-order chi connectivity index (χ0) is 15.6. The van der Waals surface area contributed by atoms with Gasteiger partial charge in [0.05, 0.1) is 11.7 Å². The number of thiol groups is 1. The van der Waals surface area contributed by atoms with Crippen molar-refractivity contribution >= 4 is 22.9 Å². The summed E-state index contributed by atoms with van der Waals surface area (Å²) in [4.78, 5) is 22.5. The van der Waals surface area contributed by atoms with Gasteiger partial charge in [-0.1, -0.05) is 6.58 Å². The van der Waals surface area contributed by atoms with Gasteiger partial charge in [0.25, 0.3) is 11.0 Å². The second-order valence-corrected chi connectivity index (χ2v) is 5.68. The molecule has 4 atom stereocenters. The highest BCUT2D eigenvalue weighted by Crippen LogP contribution is 2.46. The minimum absolute atomic E-state index is 0.422. The summed E-state index contributed by atoms with van der Waals surface area (Å²) in [7, 11) is -3.10. The molecule has 2 saturated heterocycles. The maximum absolute atomic E-state index is 11.6. The van der Waals surface area contributed by atoms with E-state index in [1.54, 1.807) is 6.92 Å². The van der Waals surface area contributed by atoms with Crippen LogP contribution in [0.3, 0.4) is 0 Å². The summed E-state index contributed by atoms with van der Waals surface area (Å²) in [5.74, 6) is -1.55. The van der Waals surface area contributed by atoms with Crippen molar-refractivity contribution in [1.82, 2.24) is 0 Å². The number of fused-ring (bicyclic) bond motifs is 2. The van der Waals surface area contributed by atoms with Crippen LogP contribution in [0.25, 0.3) is 0 Å². The fourth-order valence-corrected chi connectivity index (χ4v) is 3.18. The summed E-state index contributed by atoms with van der Waals surface area (Å²) >= 11 is 0. The monoisotopic (exact) mass is 320 g/mol. The highest BCUT2D eigenvalue weighted by atomic mass is 32.2. The van der Waals surface area contributed by atoms with Crippen LogP contribution in [0.2, 0.25) is 0 Å². The van der Waals surface area contributed by atoms with E-state index >= 15 is 0 Å². The van der Waals surface area contributed by atoms with E-state index in [0.717, 1.165) is 6.08 Å². The van der Waals surface area contributed by atoms with Gasteiger partial charge in [0, 0.05) is 6.08 Å². The minimum atomic E-state index is -3.10. The Kier molecular flexibility index (Phi) is 4.64. The summed E-state index contributed by atoms with van der Waals surface area (Å²) in [5.41, 5.74) is -0.803.